The number of nitrogens with zero attached hydrogens (tertiary/aromatic N) is 3. The summed E-state index contributed by atoms with van der Waals surface area (Å²) in [4.78, 5) is 11.9. The molecule has 5 heteroatoms. The molecule has 1 heterocycles. The van der Waals surface area contributed by atoms with Gasteiger partial charge in [-0.1, -0.05) is 6.07 Å². The molecule has 20 heavy (non-hydrogen) atoms. The van der Waals surface area contributed by atoms with Crippen molar-refractivity contribution in [3.05, 3.63) is 63.6 Å². The first-order chi connectivity index (χ1) is 9.69. The normalized spacial score (nSPS) is 9.55. The van der Waals surface area contributed by atoms with Crippen molar-refractivity contribution in [1.82, 2.24) is 4.57 Å². The Morgan fingerprint density at radius 2 is 1.95 bits per heavy atom. The topological polar surface area (TPSA) is 78.8 Å². The number of hydrogen-bond donors (Lipinski definition) is 0. The molecule has 0 radical (unpaired) electrons. The van der Waals surface area contributed by atoms with Crippen LogP contribution in [0.5, 0.6) is 5.75 Å². The van der Waals surface area contributed by atoms with Crippen LogP contribution in [0.2, 0.25) is 0 Å². The molecule has 2 aromatic rings. The van der Waals surface area contributed by atoms with Crippen molar-refractivity contribution in [2.45, 2.75) is 6.54 Å². The van der Waals surface area contributed by atoms with E-state index in [0.717, 1.165) is 5.56 Å². The van der Waals surface area contributed by atoms with Gasteiger partial charge in [0.25, 0.3) is 5.56 Å². The Morgan fingerprint density at radius 1 is 1.20 bits per heavy atom. The van der Waals surface area contributed by atoms with E-state index in [-0.39, 0.29) is 11.1 Å². The SMILES string of the molecule is COc1ccc(Cn2cccc(C#N)c2=O)cc1C#N. The lowest BCUT2D eigenvalue weighted by Gasteiger charge is -2.08. The number of benzene rings is 1. The summed E-state index contributed by atoms with van der Waals surface area (Å²) in [7, 11) is 1.50. The van der Waals surface area contributed by atoms with Crippen molar-refractivity contribution in [2.75, 3.05) is 7.11 Å². The van der Waals surface area contributed by atoms with Crippen LogP contribution in [-0.2, 0) is 6.54 Å². The van der Waals surface area contributed by atoms with Gasteiger partial charge in [-0.3, -0.25) is 4.79 Å². The zero-order chi connectivity index (χ0) is 14.5. The largest absolute Gasteiger partial charge is 0.495 e. The minimum Gasteiger partial charge on any atom is -0.495 e. The summed E-state index contributed by atoms with van der Waals surface area (Å²) < 4.78 is 6.50. The maximum absolute atomic E-state index is 11.9. The smallest absolute Gasteiger partial charge is 0.268 e. The number of pyridine rings is 1. The monoisotopic (exact) mass is 265 g/mol. The first kappa shape index (κ1) is 13.4. The quantitative estimate of drug-likeness (QED) is 0.845. The molecule has 0 fully saturated rings. The Kier molecular flexibility index (Phi) is 3.83. The highest BCUT2D eigenvalue weighted by atomic mass is 16.5. The van der Waals surface area contributed by atoms with E-state index in [0.29, 0.717) is 17.9 Å². The number of hydrogen-bond acceptors (Lipinski definition) is 4. The highest BCUT2D eigenvalue weighted by molar-refractivity contribution is 5.45. The summed E-state index contributed by atoms with van der Waals surface area (Å²) in [6.45, 7) is 0.299. The number of aromatic nitrogens is 1. The lowest BCUT2D eigenvalue weighted by atomic mass is 10.1. The van der Waals surface area contributed by atoms with Gasteiger partial charge in [0.15, 0.2) is 0 Å². The maximum atomic E-state index is 11.9. The molecule has 0 amide bonds. The number of rotatable bonds is 3. The van der Waals surface area contributed by atoms with Gasteiger partial charge in [-0.15, -0.1) is 0 Å². The average Bonchev–Trinajstić information content (AvgIpc) is 2.49. The van der Waals surface area contributed by atoms with Gasteiger partial charge in [0, 0.05) is 6.20 Å². The van der Waals surface area contributed by atoms with E-state index in [4.69, 9.17) is 15.3 Å². The predicted octanol–water partition coefficient (Wildman–Crippen LogP) is 1.65. The van der Waals surface area contributed by atoms with E-state index in [1.807, 2.05) is 12.1 Å². The molecule has 98 valence electrons. The zero-order valence-corrected chi connectivity index (χ0v) is 10.8. The molecular weight excluding hydrogens is 254 g/mol. The summed E-state index contributed by atoms with van der Waals surface area (Å²) in [5, 5.41) is 17.9. The minimum absolute atomic E-state index is 0.0986. The lowest BCUT2D eigenvalue weighted by molar-refractivity contribution is 0.413. The van der Waals surface area contributed by atoms with Crippen LogP contribution in [0.15, 0.2) is 41.3 Å². The standard InChI is InChI=1S/C15H11N3O2/c1-20-14-5-4-11(7-13(14)9-17)10-18-6-2-3-12(8-16)15(18)19/h2-7H,10H2,1H3. The molecule has 0 bridgehead atoms. The highest BCUT2D eigenvalue weighted by Crippen LogP contribution is 2.19. The Morgan fingerprint density at radius 3 is 2.60 bits per heavy atom. The van der Waals surface area contributed by atoms with Gasteiger partial charge in [0.2, 0.25) is 0 Å². The van der Waals surface area contributed by atoms with Crippen molar-refractivity contribution in [3.63, 3.8) is 0 Å². The molecule has 0 aliphatic carbocycles. The summed E-state index contributed by atoms with van der Waals surface area (Å²) in [5.41, 5.74) is 0.958. The summed E-state index contributed by atoms with van der Waals surface area (Å²) in [6, 6.07) is 12.2. The van der Waals surface area contributed by atoms with Gasteiger partial charge in [-0.2, -0.15) is 10.5 Å². The van der Waals surface area contributed by atoms with E-state index in [1.54, 1.807) is 30.5 Å². The van der Waals surface area contributed by atoms with Crippen LogP contribution in [0, 0.1) is 22.7 Å². The molecule has 0 N–H and O–H groups in total. The van der Waals surface area contributed by atoms with Crippen LogP contribution < -0.4 is 10.3 Å². The molecule has 0 aliphatic rings. The fourth-order valence-corrected chi connectivity index (χ4v) is 1.88. The second kappa shape index (κ2) is 5.73. The van der Waals surface area contributed by atoms with E-state index < -0.39 is 0 Å². The molecule has 0 unspecified atom stereocenters. The Balaban J connectivity index is 2.39. The van der Waals surface area contributed by atoms with Gasteiger partial charge in [-0.05, 0) is 29.8 Å². The van der Waals surface area contributed by atoms with Crippen LogP contribution in [0.25, 0.3) is 0 Å². The van der Waals surface area contributed by atoms with Gasteiger partial charge >= 0.3 is 0 Å². The lowest BCUT2D eigenvalue weighted by Crippen LogP contribution is -2.22. The Hall–Kier alpha value is -3.05. The fourth-order valence-electron chi connectivity index (χ4n) is 1.88. The summed E-state index contributed by atoms with van der Waals surface area (Å²) in [5.74, 6) is 0.495. The van der Waals surface area contributed by atoms with Crippen molar-refractivity contribution < 1.29 is 4.74 Å². The second-order valence-corrected chi connectivity index (χ2v) is 4.11. The van der Waals surface area contributed by atoms with Gasteiger partial charge in [0.1, 0.15) is 23.5 Å². The molecule has 1 aromatic carbocycles. The zero-order valence-electron chi connectivity index (χ0n) is 10.8. The van der Waals surface area contributed by atoms with Crippen LogP contribution in [0.4, 0.5) is 0 Å². The number of ether oxygens (including phenoxy) is 1. The molecule has 1 aromatic heterocycles. The van der Waals surface area contributed by atoms with Crippen molar-refractivity contribution in [2.24, 2.45) is 0 Å². The van der Waals surface area contributed by atoms with E-state index in [2.05, 4.69) is 0 Å². The molecule has 0 saturated heterocycles. The number of methoxy groups -OCH3 is 1. The van der Waals surface area contributed by atoms with Gasteiger partial charge < -0.3 is 9.30 Å². The third kappa shape index (κ3) is 2.52. The average molecular weight is 265 g/mol. The second-order valence-electron chi connectivity index (χ2n) is 4.11. The van der Waals surface area contributed by atoms with Crippen molar-refractivity contribution >= 4 is 0 Å². The van der Waals surface area contributed by atoms with Gasteiger partial charge in [0.05, 0.1) is 19.2 Å². The molecule has 0 spiro atoms. The third-order valence-electron chi connectivity index (χ3n) is 2.88. The summed E-state index contributed by atoms with van der Waals surface area (Å²) in [6.07, 6.45) is 1.61. The fraction of sp³-hybridized carbons (Fsp3) is 0.133. The predicted molar refractivity (Wildman–Crippen MR) is 72.2 cm³/mol. The Labute approximate surface area is 115 Å². The van der Waals surface area contributed by atoms with Crippen LogP contribution >= 0.6 is 0 Å². The highest BCUT2D eigenvalue weighted by Gasteiger charge is 2.06. The van der Waals surface area contributed by atoms with Crippen LogP contribution in [0.1, 0.15) is 16.7 Å². The number of nitriles is 2. The maximum Gasteiger partial charge on any atom is 0.268 e. The molecule has 0 aliphatic heterocycles. The summed E-state index contributed by atoms with van der Waals surface area (Å²) >= 11 is 0. The van der Waals surface area contributed by atoms with E-state index >= 15 is 0 Å². The molecule has 5 nitrogen and oxygen atoms in total. The van der Waals surface area contributed by atoms with Crippen LogP contribution in [0.3, 0.4) is 0 Å². The third-order valence-corrected chi connectivity index (χ3v) is 2.88. The van der Waals surface area contributed by atoms with Gasteiger partial charge in [-0.25, -0.2) is 0 Å². The van der Waals surface area contributed by atoms with Crippen molar-refractivity contribution in [1.29, 1.82) is 10.5 Å². The molecule has 2 rings (SSSR count). The first-order valence-electron chi connectivity index (χ1n) is 5.86. The first-order valence-corrected chi connectivity index (χ1v) is 5.86. The minimum atomic E-state index is -0.343. The van der Waals surface area contributed by atoms with E-state index in [1.165, 1.54) is 17.7 Å². The van der Waals surface area contributed by atoms with Crippen LogP contribution in [-0.4, -0.2) is 11.7 Å². The molecular formula is C15H11N3O2. The van der Waals surface area contributed by atoms with Crippen molar-refractivity contribution in [3.8, 4) is 17.9 Å². The van der Waals surface area contributed by atoms with E-state index in [9.17, 15) is 4.79 Å². The molecule has 0 saturated carbocycles. The Bertz CT molecular complexity index is 779. The molecule has 0 atom stereocenters.